The van der Waals surface area contributed by atoms with E-state index in [9.17, 15) is 14.4 Å². The minimum atomic E-state index is -0.588. The first-order valence-electron chi connectivity index (χ1n) is 15.2. The van der Waals surface area contributed by atoms with E-state index in [2.05, 4.69) is 20.8 Å². The number of ether oxygens (including phenoxy) is 3. The van der Waals surface area contributed by atoms with Crippen molar-refractivity contribution >= 4 is 45.9 Å². The number of carbonyl (C=O) groups is 3. The Morgan fingerprint density at radius 1 is 1.00 bits per heavy atom. The molecule has 0 bridgehead atoms. The molecular weight excluding hydrogens is 627 g/mol. The van der Waals surface area contributed by atoms with Gasteiger partial charge in [0.15, 0.2) is 11.0 Å². The third kappa shape index (κ3) is 7.71. The number of esters is 1. The summed E-state index contributed by atoms with van der Waals surface area (Å²) >= 11 is 2.68. The molecule has 0 radical (unpaired) electrons. The first kappa shape index (κ1) is 33.0. The lowest BCUT2D eigenvalue weighted by Gasteiger charge is -2.15. The molecule has 0 saturated heterocycles. The fraction of sp³-hybridized carbons (Fsp3) is 0.364. The van der Waals surface area contributed by atoms with Gasteiger partial charge in [-0.2, -0.15) is 0 Å². The largest absolute Gasteiger partial charge is 0.497 e. The zero-order valence-electron chi connectivity index (χ0n) is 26.3. The number of rotatable bonds is 14. The smallest absolute Gasteiger partial charge is 0.341 e. The molecule has 13 heteroatoms. The molecule has 1 aliphatic carbocycles. The minimum Gasteiger partial charge on any atom is -0.497 e. The lowest BCUT2D eigenvalue weighted by atomic mass is 10.1. The molecule has 4 aromatic rings. The highest BCUT2D eigenvalue weighted by atomic mass is 32.2. The first-order valence-corrected chi connectivity index (χ1v) is 16.9. The van der Waals surface area contributed by atoms with E-state index in [1.807, 2.05) is 60.0 Å². The Balaban J connectivity index is 1.33. The van der Waals surface area contributed by atoms with E-state index in [1.165, 1.54) is 23.1 Å². The van der Waals surface area contributed by atoms with Crippen molar-refractivity contribution in [2.75, 3.05) is 25.6 Å². The quantitative estimate of drug-likeness (QED) is 0.135. The number of carbonyl (C=O) groups excluding carboxylic acids is 3. The summed E-state index contributed by atoms with van der Waals surface area (Å²) in [6, 6.07) is 14.8. The van der Waals surface area contributed by atoms with Gasteiger partial charge in [0.25, 0.3) is 0 Å². The molecule has 0 fully saturated rings. The molecule has 0 aliphatic heterocycles. The summed E-state index contributed by atoms with van der Waals surface area (Å²) in [6.45, 7) is 6.38. The van der Waals surface area contributed by atoms with E-state index in [1.54, 1.807) is 21.0 Å². The number of amides is 2. The van der Waals surface area contributed by atoms with Crippen LogP contribution >= 0.6 is 23.1 Å². The molecule has 2 heterocycles. The van der Waals surface area contributed by atoms with E-state index in [0.717, 1.165) is 52.5 Å². The Morgan fingerprint density at radius 2 is 1.74 bits per heavy atom. The Morgan fingerprint density at radius 3 is 2.43 bits per heavy atom. The number of aromatic nitrogens is 3. The summed E-state index contributed by atoms with van der Waals surface area (Å²) in [7, 11) is 1.60. The molecule has 1 atom stereocenters. The molecule has 2 aromatic heterocycles. The summed E-state index contributed by atoms with van der Waals surface area (Å²) < 4.78 is 17.9. The first-order chi connectivity index (χ1) is 22.3. The monoisotopic (exact) mass is 663 g/mol. The number of methoxy groups -OCH3 is 1. The highest BCUT2D eigenvalue weighted by molar-refractivity contribution is 8.00. The van der Waals surface area contributed by atoms with Gasteiger partial charge in [0.1, 0.15) is 16.5 Å². The average molecular weight is 664 g/mol. The topological polar surface area (TPSA) is 134 Å². The maximum atomic E-state index is 13.5. The van der Waals surface area contributed by atoms with Gasteiger partial charge >= 0.3 is 5.97 Å². The van der Waals surface area contributed by atoms with Crippen LogP contribution in [0.3, 0.4) is 0 Å². The highest BCUT2D eigenvalue weighted by Gasteiger charge is 2.30. The Kier molecular flexibility index (Phi) is 11.0. The Hall–Kier alpha value is -4.36. The van der Waals surface area contributed by atoms with Gasteiger partial charge in [0.05, 0.1) is 44.1 Å². The van der Waals surface area contributed by atoms with Crippen LogP contribution in [-0.4, -0.2) is 58.1 Å². The predicted octanol–water partition coefficient (Wildman–Crippen LogP) is 5.38. The average Bonchev–Trinajstić information content (AvgIpc) is 3.76. The van der Waals surface area contributed by atoms with Crippen LogP contribution in [0.15, 0.2) is 53.7 Å². The summed E-state index contributed by atoms with van der Waals surface area (Å²) in [6.07, 6.45) is 2.86. The van der Waals surface area contributed by atoms with Gasteiger partial charge in [-0.15, -0.1) is 21.5 Å². The van der Waals surface area contributed by atoms with Gasteiger partial charge in [-0.05, 0) is 87.6 Å². The van der Waals surface area contributed by atoms with Crippen molar-refractivity contribution in [1.29, 1.82) is 0 Å². The predicted molar refractivity (Wildman–Crippen MR) is 177 cm³/mol. The van der Waals surface area contributed by atoms with E-state index in [0.29, 0.717) is 28.2 Å². The molecule has 242 valence electrons. The second kappa shape index (κ2) is 15.3. The molecule has 0 saturated carbocycles. The summed E-state index contributed by atoms with van der Waals surface area (Å²) in [5.74, 6) is 1.09. The van der Waals surface area contributed by atoms with Crippen molar-refractivity contribution in [1.82, 2.24) is 20.1 Å². The van der Waals surface area contributed by atoms with Crippen LogP contribution in [0.2, 0.25) is 0 Å². The van der Waals surface area contributed by atoms with Gasteiger partial charge < -0.3 is 24.8 Å². The van der Waals surface area contributed by atoms with Crippen LogP contribution in [0.1, 0.15) is 59.4 Å². The van der Waals surface area contributed by atoms with Crippen LogP contribution in [-0.2, 0) is 40.1 Å². The summed E-state index contributed by atoms with van der Waals surface area (Å²) in [5.41, 5.74) is 3.05. The van der Waals surface area contributed by atoms with Crippen LogP contribution in [0, 0.1) is 0 Å². The van der Waals surface area contributed by atoms with E-state index in [4.69, 9.17) is 14.2 Å². The van der Waals surface area contributed by atoms with Crippen LogP contribution < -0.4 is 20.1 Å². The van der Waals surface area contributed by atoms with Crippen molar-refractivity contribution in [2.24, 2.45) is 0 Å². The third-order valence-corrected chi connectivity index (χ3v) is 9.61. The van der Waals surface area contributed by atoms with Crippen molar-refractivity contribution in [3.8, 4) is 17.2 Å². The molecule has 0 unspecified atom stereocenters. The molecule has 5 rings (SSSR count). The fourth-order valence-electron chi connectivity index (χ4n) is 5.11. The second-order valence-corrected chi connectivity index (χ2v) is 12.9. The number of nitrogens with one attached hydrogen (secondary N) is 2. The van der Waals surface area contributed by atoms with Gasteiger partial charge in [-0.25, -0.2) is 4.79 Å². The molecule has 2 amide bonds. The second-order valence-electron chi connectivity index (χ2n) is 10.5. The number of thioether (sulfide) groups is 1. The highest BCUT2D eigenvalue weighted by Crippen LogP contribution is 2.40. The van der Waals surface area contributed by atoms with Gasteiger partial charge in [-0.3, -0.25) is 14.2 Å². The number of hydrogen-bond donors (Lipinski definition) is 2. The van der Waals surface area contributed by atoms with E-state index < -0.39 is 11.2 Å². The standard InChI is InChI=1S/C33H37N5O6S2/c1-5-43-24-16-12-22(13-17-24)38-27(19-34-28(39)18-21-10-14-23(42-4)15-11-21)36-37-33(38)45-20(3)30(40)35-31-29(32(41)44-6-2)25-8-7-9-26(25)46-31/h10-17,20H,5-9,18-19H2,1-4H3,(H,34,39)(H,35,40)/t20-/m1/s1. The molecule has 11 nitrogen and oxygen atoms in total. The van der Waals surface area contributed by atoms with Gasteiger partial charge in [-0.1, -0.05) is 23.9 Å². The third-order valence-electron chi connectivity index (χ3n) is 7.36. The lowest BCUT2D eigenvalue weighted by molar-refractivity contribution is -0.120. The zero-order valence-corrected chi connectivity index (χ0v) is 27.9. The number of aryl methyl sites for hydroxylation is 1. The molecule has 46 heavy (non-hydrogen) atoms. The number of hydrogen-bond acceptors (Lipinski definition) is 10. The molecule has 2 aromatic carbocycles. The van der Waals surface area contributed by atoms with Crippen LogP contribution in [0.25, 0.3) is 5.69 Å². The SMILES string of the molecule is CCOC(=O)c1c(NC(=O)[C@@H](C)Sc2nnc(CNC(=O)Cc3ccc(OC)cc3)n2-c2ccc(OCC)cc2)sc2c1CCC2. The number of anilines is 1. The molecule has 1 aliphatic rings. The van der Waals surface area contributed by atoms with Crippen molar-refractivity contribution in [3.05, 3.63) is 75.9 Å². The van der Waals surface area contributed by atoms with Gasteiger partial charge in [0, 0.05) is 10.6 Å². The molecular formula is C33H37N5O6S2. The number of thiophene rings is 1. The van der Waals surface area contributed by atoms with E-state index >= 15 is 0 Å². The molecule has 0 spiro atoms. The van der Waals surface area contributed by atoms with Crippen LogP contribution in [0.5, 0.6) is 11.5 Å². The Labute approximate surface area is 276 Å². The minimum absolute atomic E-state index is 0.125. The number of nitrogens with zero attached hydrogens (tertiary/aromatic N) is 3. The zero-order chi connectivity index (χ0) is 32.6. The van der Waals surface area contributed by atoms with Gasteiger partial charge in [0.2, 0.25) is 11.8 Å². The van der Waals surface area contributed by atoms with Crippen molar-refractivity contribution in [3.63, 3.8) is 0 Å². The number of benzene rings is 2. The maximum Gasteiger partial charge on any atom is 0.341 e. The van der Waals surface area contributed by atoms with Crippen LogP contribution in [0.4, 0.5) is 5.00 Å². The van der Waals surface area contributed by atoms with Crippen molar-refractivity contribution in [2.45, 2.75) is 63.4 Å². The van der Waals surface area contributed by atoms with Crippen molar-refractivity contribution < 1.29 is 28.6 Å². The normalized spacial score (nSPS) is 12.7. The summed E-state index contributed by atoms with van der Waals surface area (Å²) in [5, 5.41) is 15.1. The number of fused-ring (bicyclic) bond motifs is 1. The maximum absolute atomic E-state index is 13.5. The molecule has 2 N–H and O–H groups in total. The Bertz CT molecular complexity index is 1680. The fourth-order valence-corrected chi connectivity index (χ4v) is 7.28. The van der Waals surface area contributed by atoms with E-state index in [-0.39, 0.29) is 31.4 Å². The lowest BCUT2D eigenvalue weighted by Crippen LogP contribution is -2.26. The summed E-state index contributed by atoms with van der Waals surface area (Å²) in [4.78, 5) is 40.2.